The van der Waals surface area contributed by atoms with Crippen molar-refractivity contribution < 1.29 is 33.1 Å². The maximum atomic E-state index is 13.2. The number of ether oxygens (including phenoxy) is 2. The fourth-order valence-electron chi connectivity index (χ4n) is 3.53. The number of nitrogens with zero attached hydrogens (tertiary/aromatic N) is 2. The van der Waals surface area contributed by atoms with E-state index < -0.39 is 23.5 Å². The van der Waals surface area contributed by atoms with Gasteiger partial charge >= 0.3 is 0 Å². The summed E-state index contributed by atoms with van der Waals surface area (Å²) in [6.45, 7) is 3.96. The first-order valence-electron chi connectivity index (χ1n) is 9.55. The molecule has 0 aliphatic carbocycles. The van der Waals surface area contributed by atoms with Crippen LogP contribution in [0.3, 0.4) is 0 Å². The molecule has 1 atom stereocenters. The van der Waals surface area contributed by atoms with Gasteiger partial charge in [0.05, 0.1) is 31.6 Å². The Morgan fingerprint density at radius 2 is 2.06 bits per heavy atom. The van der Waals surface area contributed by atoms with Crippen LogP contribution >= 0.6 is 0 Å². The lowest BCUT2D eigenvalue weighted by atomic mass is 9.94. The second-order valence-electron chi connectivity index (χ2n) is 6.79. The lowest BCUT2D eigenvalue weighted by Crippen LogP contribution is -2.31. The molecule has 9 nitrogen and oxygen atoms in total. The molecule has 0 fully saturated rings. The topological polar surface area (TPSA) is 115 Å². The van der Waals surface area contributed by atoms with E-state index in [0.29, 0.717) is 29.4 Å². The third kappa shape index (κ3) is 3.43. The highest BCUT2D eigenvalue weighted by Gasteiger charge is 2.46. The molecule has 0 unspecified atom stereocenters. The van der Waals surface area contributed by atoms with Gasteiger partial charge in [-0.05, 0) is 43.7 Å². The number of carbonyl (C=O) groups excluding carboxylic acids is 2. The van der Waals surface area contributed by atoms with Crippen LogP contribution in [0.1, 0.15) is 34.8 Å². The summed E-state index contributed by atoms with van der Waals surface area (Å²) in [5.41, 5.74) is 0.375. The number of amides is 1. The average Bonchev–Trinajstić information content (AvgIpc) is 3.49. The van der Waals surface area contributed by atoms with Crippen molar-refractivity contribution in [1.82, 2.24) is 5.16 Å². The van der Waals surface area contributed by atoms with E-state index >= 15 is 0 Å². The summed E-state index contributed by atoms with van der Waals surface area (Å²) in [4.78, 5) is 27.4. The lowest BCUT2D eigenvalue weighted by molar-refractivity contribution is -0.117. The van der Waals surface area contributed by atoms with Gasteiger partial charge < -0.3 is 23.5 Å². The molecule has 2 aromatic heterocycles. The second-order valence-corrected chi connectivity index (χ2v) is 6.79. The van der Waals surface area contributed by atoms with Crippen molar-refractivity contribution in [3.05, 3.63) is 71.1 Å². The van der Waals surface area contributed by atoms with Crippen LogP contribution in [0.25, 0.3) is 0 Å². The Morgan fingerprint density at radius 3 is 2.68 bits per heavy atom. The van der Waals surface area contributed by atoms with Crippen molar-refractivity contribution in [2.24, 2.45) is 0 Å². The first-order chi connectivity index (χ1) is 15.0. The third-order valence-electron chi connectivity index (χ3n) is 4.86. The molecule has 1 amide bonds. The van der Waals surface area contributed by atoms with Gasteiger partial charge in [-0.25, -0.2) is 0 Å². The number of hydrogen-bond acceptors (Lipinski definition) is 8. The summed E-state index contributed by atoms with van der Waals surface area (Å²) >= 11 is 0. The van der Waals surface area contributed by atoms with Gasteiger partial charge in [-0.15, -0.1) is 0 Å². The number of Topliss-reactive ketones (excluding diaryl/α,β-unsaturated/α-hetero) is 1. The maximum absolute atomic E-state index is 13.2. The summed E-state index contributed by atoms with van der Waals surface area (Å²) in [6.07, 6.45) is 1.34. The zero-order valence-corrected chi connectivity index (χ0v) is 17.1. The van der Waals surface area contributed by atoms with Gasteiger partial charge in [0.2, 0.25) is 5.78 Å². The van der Waals surface area contributed by atoms with E-state index in [1.165, 1.54) is 24.3 Å². The van der Waals surface area contributed by atoms with Crippen molar-refractivity contribution in [3.63, 3.8) is 0 Å². The number of aryl methyl sites for hydroxylation is 1. The van der Waals surface area contributed by atoms with Gasteiger partial charge in [-0.1, -0.05) is 11.2 Å². The number of methoxy groups -OCH3 is 1. The SMILES string of the molecule is CCOc1ccc([C@H]2C(C(=O)c3ccco3)=C(O)C(=O)N2c2cc(C)on2)cc1OC. The Balaban J connectivity index is 1.88. The van der Waals surface area contributed by atoms with Gasteiger partial charge in [0.15, 0.2) is 28.8 Å². The quantitative estimate of drug-likeness (QED) is 0.570. The van der Waals surface area contributed by atoms with Crippen molar-refractivity contribution in [3.8, 4) is 11.5 Å². The Kier molecular flexibility index (Phi) is 5.24. The van der Waals surface area contributed by atoms with Crippen LogP contribution in [0.2, 0.25) is 0 Å². The molecule has 9 heteroatoms. The highest BCUT2D eigenvalue weighted by atomic mass is 16.5. The van der Waals surface area contributed by atoms with E-state index in [0.717, 1.165) is 0 Å². The van der Waals surface area contributed by atoms with E-state index in [1.54, 1.807) is 37.3 Å². The van der Waals surface area contributed by atoms with Crippen molar-refractivity contribution in [2.75, 3.05) is 18.6 Å². The molecule has 1 N–H and O–H groups in total. The molecule has 160 valence electrons. The molecule has 1 aliphatic rings. The smallest absolute Gasteiger partial charge is 0.295 e. The molecule has 31 heavy (non-hydrogen) atoms. The lowest BCUT2D eigenvalue weighted by Gasteiger charge is -2.25. The minimum Gasteiger partial charge on any atom is -0.503 e. The number of anilines is 1. The number of ketones is 1. The van der Waals surface area contributed by atoms with Crippen LogP contribution in [0.15, 0.2) is 62.9 Å². The van der Waals surface area contributed by atoms with Crippen LogP contribution in [0, 0.1) is 6.92 Å². The first kappa shape index (κ1) is 20.3. The van der Waals surface area contributed by atoms with Crippen molar-refractivity contribution in [2.45, 2.75) is 19.9 Å². The highest BCUT2D eigenvalue weighted by molar-refractivity contribution is 6.19. The van der Waals surface area contributed by atoms with E-state index in [9.17, 15) is 14.7 Å². The van der Waals surface area contributed by atoms with Gasteiger partial charge in [0, 0.05) is 6.07 Å². The van der Waals surface area contributed by atoms with Crippen LogP contribution in [0.4, 0.5) is 5.82 Å². The number of hydrogen-bond donors (Lipinski definition) is 1. The second kappa shape index (κ2) is 8.02. The van der Waals surface area contributed by atoms with Crippen molar-refractivity contribution >= 4 is 17.5 Å². The van der Waals surface area contributed by atoms with Gasteiger partial charge in [0.1, 0.15) is 5.76 Å². The number of rotatable bonds is 7. The van der Waals surface area contributed by atoms with Gasteiger partial charge in [0.25, 0.3) is 5.91 Å². The Hall–Kier alpha value is -4.01. The number of carbonyl (C=O) groups is 2. The summed E-state index contributed by atoms with van der Waals surface area (Å²) in [5.74, 6) is -0.522. The van der Waals surface area contributed by atoms with E-state index in [2.05, 4.69) is 5.16 Å². The minimum absolute atomic E-state index is 0.00423. The monoisotopic (exact) mass is 424 g/mol. The molecule has 0 radical (unpaired) electrons. The average molecular weight is 424 g/mol. The highest BCUT2D eigenvalue weighted by Crippen LogP contribution is 2.43. The summed E-state index contributed by atoms with van der Waals surface area (Å²) in [7, 11) is 1.49. The van der Waals surface area contributed by atoms with Gasteiger partial charge in [-0.3, -0.25) is 14.5 Å². The van der Waals surface area contributed by atoms with E-state index in [-0.39, 0.29) is 17.2 Å². The molecule has 0 saturated heterocycles. The molecule has 0 bridgehead atoms. The number of benzene rings is 1. The van der Waals surface area contributed by atoms with Crippen LogP contribution in [0.5, 0.6) is 11.5 Å². The Labute approximate surface area is 177 Å². The molecular weight excluding hydrogens is 404 g/mol. The standard InChI is InChI=1S/C22H20N2O7/c1-4-29-14-8-7-13(11-16(14)28-3)19-18(20(25)15-6-5-9-30-15)21(26)22(27)24(19)17-10-12(2)31-23-17/h5-11,19,26H,4H2,1-3H3/t19-/m0/s1. The van der Waals surface area contributed by atoms with Crippen LogP contribution < -0.4 is 14.4 Å². The fraction of sp³-hybridized carbons (Fsp3) is 0.227. The van der Waals surface area contributed by atoms with Crippen LogP contribution in [-0.4, -0.2) is 35.7 Å². The number of aliphatic hydroxyl groups excluding tert-OH is 1. The summed E-state index contributed by atoms with van der Waals surface area (Å²) in [6, 6.07) is 8.60. The molecular formula is C22H20N2O7. The van der Waals surface area contributed by atoms with Crippen LogP contribution in [-0.2, 0) is 4.79 Å². The molecule has 0 saturated carbocycles. The third-order valence-corrected chi connectivity index (χ3v) is 4.86. The Bertz CT molecular complexity index is 1160. The fourth-order valence-corrected chi connectivity index (χ4v) is 3.53. The molecule has 1 aliphatic heterocycles. The number of furan rings is 1. The predicted octanol–water partition coefficient (Wildman–Crippen LogP) is 3.77. The van der Waals surface area contributed by atoms with Gasteiger partial charge in [-0.2, -0.15) is 0 Å². The first-order valence-corrected chi connectivity index (χ1v) is 9.55. The molecule has 1 aromatic carbocycles. The molecule has 3 aromatic rings. The van der Waals surface area contributed by atoms with Crippen molar-refractivity contribution in [1.29, 1.82) is 0 Å². The minimum atomic E-state index is -0.987. The zero-order valence-electron chi connectivity index (χ0n) is 17.1. The molecule has 4 rings (SSSR count). The number of aliphatic hydroxyl groups is 1. The Morgan fingerprint density at radius 1 is 1.26 bits per heavy atom. The van der Waals surface area contributed by atoms with E-state index in [4.69, 9.17) is 18.4 Å². The molecule has 0 spiro atoms. The zero-order chi connectivity index (χ0) is 22.1. The summed E-state index contributed by atoms with van der Waals surface area (Å²) in [5, 5.41) is 14.6. The van der Waals surface area contributed by atoms with E-state index in [1.807, 2.05) is 6.92 Å². The number of aromatic nitrogens is 1. The predicted molar refractivity (Wildman–Crippen MR) is 108 cm³/mol. The maximum Gasteiger partial charge on any atom is 0.295 e. The normalized spacial score (nSPS) is 16.2. The largest absolute Gasteiger partial charge is 0.503 e. The molecule has 3 heterocycles. The summed E-state index contributed by atoms with van der Waals surface area (Å²) < 4.78 is 21.3.